The Hall–Kier alpha value is -3.36. The van der Waals surface area contributed by atoms with Crippen LogP contribution in [0.15, 0.2) is 48.5 Å². The van der Waals surface area contributed by atoms with Crippen LogP contribution in [-0.4, -0.2) is 27.8 Å². The van der Waals surface area contributed by atoms with E-state index < -0.39 is 23.7 Å². The Morgan fingerprint density at radius 3 is 2.62 bits per heavy atom. The summed E-state index contributed by atoms with van der Waals surface area (Å²) in [5.74, 6) is 0.466. The molecule has 0 radical (unpaired) electrons. The Balaban J connectivity index is 1.36. The van der Waals surface area contributed by atoms with E-state index in [1.54, 1.807) is 0 Å². The van der Waals surface area contributed by atoms with E-state index in [2.05, 4.69) is 20.6 Å². The van der Waals surface area contributed by atoms with Gasteiger partial charge in [0.15, 0.2) is 0 Å². The van der Waals surface area contributed by atoms with Gasteiger partial charge in [0.2, 0.25) is 11.8 Å². The summed E-state index contributed by atoms with van der Waals surface area (Å²) in [6.07, 6.45) is -3.05. The molecule has 1 aliphatic rings. The van der Waals surface area contributed by atoms with Gasteiger partial charge in [-0.05, 0) is 55.0 Å². The van der Waals surface area contributed by atoms with Crippen molar-refractivity contribution in [2.75, 3.05) is 5.32 Å². The van der Waals surface area contributed by atoms with E-state index in [-0.39, 0.29) is 35.8 Å². The smallest absolute Gasteiger partial charge is 0.344 e. The maximum atomic E-state index is 13.0. The van der Waals surface area contributed by atoms with Crippen molar-refractivity contribution in [2.45, 2.75) is 51.2 Å². The molecule has 4 rings (SSSR count). The lowest BCUT2D eigenvalue weighted by Gasteiger charge is -2.20. The highest BCUT2D eigenvalue weighted by atomic mass is 19.4. The van der Waals surface area contributed by atoms with E-state index in [0.29, 0.717) is 6.42 Å². The molecule has 9 heteroatoms. The normalized spacial score (nSPS) is 18.6. The summed E-state index contributed by atoms with van der Waals surface area (Å²) < 4.78 is 38.9. The number of para-hydroxylation sites is 2. The largest absolute Gasteiger partial charge is 0.416 e. The first kappa shape index (κ1) is 23.8. The van der Waals surface area contributed by atoms with Crippen LogP contribution in [0.2, 0.25) is 0 Å². The molecule has 3 aromatic rings. The number of anilines is 1. The number of nitrogens with zero attached hydrogens (tertiary/aromatic N) is 1. The van der Waals surface area contributed by atoms with Gasteiger partial charge >= 0.3 is 6.18 Å². The van der Waals surface area contributed by atoms with Crippen molar-refractivity contribution in [3.63, 3.8) is 0 Å². The van der Waals surface area contributed by atoms with Crippen LogP contribution in [0.3, 0.4) is 0 Å². The minimum absolute atomic E-state index is 0.0370. The molecule has 3 atom stereocenters. The predicted molar refractivity (Wildman–Crippen MR) is 123 cm³/mol. The first-order valence-electron chi connectivity index (χ1n) is 11.3. The Morgan fingerprint density at radius 1 is 1.15 bits per heavy atom. The van der Waals surface area contributed by atoms with Crippen LogP contribution < -0.4 is 10.6 Å². The van der Waals surface area contributed by atoms with E-state index in [1.165, 1.54) is 12.1 Å². The van der Waals surface area contributed by atoms with Gasteiger partial charge in [-0.2, -0.15) is 13.2 Å². The number of benzene rings is 2. The minimum Gasteiger partial charge on any atom is -0.344 e. The highest BCUT2D eigenvalue weighted by Crippen LogP contribution is 2.48. The van der Waals surface area contributed by atoms with E-state index >= 15 is 0 Å². The zero-order valence-corrected chi connectivity index (χ0v) is 18.9. The van der Waals surface area contributed by atoms with Gasteiger partial charge in [0.1, 0.15) is 11.9 Å². The molecule has 0 saturated heterocycles. The lowest BCUT2D eigenvalue weighted by Crippen LogP contribution is -2.44. The molecular formula is C25H27F3N4O2. The summed E-state index contributed by atoms with van der Waals surface area (Å²) >= 11 is 0. The predicted octanol–water partition coefficient (Wildman–Crippen LogP) is 5.24. The molecule has 2 aromatic carbocycles. The fourth-order valence-electron chi connectivity index (χ4n) is 4.15. The van der Waals surface area contributed by atoms with Crippen molar-refractivity contribution in [1.82, 2.24) is 15.3 Å². The summed E-state index contributed by atoms with van der Waals surface area (Å²) in [5.41, 5.74) is 1.03. The summed E-state index contributed by atoms with van der Waals surface area (Å²) in [7, 11) is 0. The van der Waals surface area contributed by atoms with Crippen molar-refractivity contribution in [3.8, 4) is 0 Å². The van der Waals surface area contributed by atoms with E-state index in [0.717, 1.165) is 35.4 Å². The molecule has 2 amide bonds. The van der Waals surface area contributed by atoms with Gasteiger partial charge in [-0.15, -0.1) is 0 Å². The quantitative estimate of drug-likeness (QED) is 0.419. The molecule has 3 N–H and O–H groups in total. The summed E-state index contributed by atoms with van der Waals surface area (Å²) in [6.45, 7) is 3.82. The third-order valence-corrected chi connectivity index (χ3v) is 5.95. The number of nitrogens with one attached hydrogen (secondary N) is 3. The van der Waals surface area contributed by atoms with Gasteiger partial charge < -0.3 is 15.6 Å². The van der Waals surface area contributed by atoms with E-state index in [1.807, 2.05) is 38.1 Å². The Morgan fingerprint density at radius 2 is 1.91 bits per heavy atom. The zero-order valence-electron chi connectivity index (χ0n) is 18.9. The highest BCUT2D eigenvalue weighted by molar-refractivity contribution is 5.97. The number of hydrogen-bond donors (Lipinski definition) is 3. The number of amides is 2. The number of rotatable bonds is 8. The molecule has 0 bridgehead atoms. The molecule has 0 unspecified atom stereocenters. The number of alkyl halides is 3. The van der Waals surface area contributed by atoms with Gasteiger partial charge in [-0.1, -0.05) is 32.0 Å². The van der Waals surface area contributed by atoms with Gasteiger partial charge in [0, 0.05) is 18.0 Å². The van der Waals surface area contributed by atoms with Crippen molar-refractivity contribution < 1.29 is 22.8 Å². The van der Waals surface area contributed by atoms with Crippen LogP contribution in [0.5, 0.6) is 0 Å². The second-order valence-electron chi connectivity index (χ2n) is 9.26. The number of imidazole rings is 1. The fraction of sp³-hybridized carbons (Fsp3) is 0.400. The summed E-state index contributed by atoms with van der Waals surface area (Å²) in [4.78, 5) is 33.4. The topological polar surface area (TPSA) is 86.9 Å². The molecule has 0 aliphatic heterocycles. The number of aromatic amines is 1. The number of carbonyl (C=O) groups is 2. The van der Waals surface area contributed by atoms with Crippen LogP contribution in [0.1, 0.15) is 50.4 Å². The Kier molecular flexibility index (Phi) is 6.63. The van der Waals surface area contributed by atoms with Crippen LogP contribution in [-0.2, 0) is 15.8 Å². The van der Waals surface area contributed by atoms with Crippen molar-refractivity contribution >= 4 is 28.5 Å². The SMILES string of the molecule is CC(C)C[C@@H](NC(=O)C[C@@H]1C[C@@H]1c1nc2ccccc2[nH]1)C(=O)Nc1cccc(C(F)(F)F)c1. The van der Waals surface area contributed by atoms with Crippen LogP contribution in [0, 0.1) is 11.8 Å². The van der Waals surface area contributed by atoms with Crippen molar-refractivity contribution in [2.24, 2.45) is 11.8 Å². The second kappa shape index (κ2) is 9.48. The molecule has 1 aromatic heterocycles. The molecule has 1 fully saturated rings. The lowest BCUT2D eigenvalue weighted by molar-refractivity contribution is -0.137. The van der Waals surface area contributed by atoms with Crippen LogP contribution in [0.4, 0.5) is 18.9 Å². The minimum atomic E-state index is -4.51. The second-order valence-corrected chi connectivity index (χ2v) is 9.26. The zero-order chi connectivity index (χ0) is 24.5. The lowest BCUT2D eigenvalue weighted by atomic mass is 10.0. The van der Waals surface area contributed by atoms with Gasteiger partial charge in [0.25, 0.3) is 0 Å². The number of H-pyrrole nitrogens is 1. The highest BCUT2D eigenvalue weighted by Gasteiger charge is 2.42. The molecule has 180 valence electrons. The van der Waals surface area contributed by atoms with Crippen LogP contribution >= 0.6 is 0 Å². The van der Waals surface area contributed by atoms with E-state index in [9.17, 15) is 22.8 Å². The van der Waals surface area contributed by atoms with E-state index in [4.69, 9.17) is 0 Å². The number of halogens is 3. The number of fused-ring (bicyclic) bond motifs is 1. The first-order chi connectivity index (χ1) is 16.1. The number of hydrogen-bond acceptors (Lipinski definition) is 3. The molecular weight excluding hydrogens is 445 g/mol. The van der Waals surface area contributed by atoms with Crippen LogP contribution in [0.25, 0.3) is 11.0 Å². The van der Waals surface area contributed by atoms with Crippen molar-refractivity contribution in [3.05, 3.63) is 59.9 Å². The molecule has 34 heavy (non-hydrogen) atoms. The van der Waals surface area contributed by atoms with Crippen molar-refractivity contribution in [1.29, 1.82) is 0 Å². The molecule has 1 saturated carbocycles. The maximum absolute atomic E-state index is 13.0. The molecule has 0 spiro atoms. The number of aromatic nitrogens is 2. The molecule has 1 aliphatic carbocycles. The molecule has 1 heterocycles. The monoisotopic (exact) mass is 472 g/mol. The summed E-state index contributed by atoms with van der Waals surface area (Å²) in [5, 5.41) is 5.29. The maximum Gasteiger partial charge on any atom is 0.416 e. The summed E-state index contributed by atoms with van der Waals surface area (Å²) in [6, 6.07) is 11.3. The van der Waals surface area contributed by atoms with Gasteiger partial charge in [0.05, 0.1) is 16.6 Å². The average Bonchev–Trinajstić information content (AvgIpc) is 3.38. The third kappa shape index (κ3) is 5.76. The average molecular weight is 473 g/mol. The Labute approximate surface area is 195 Å². The number of carbonyl (C=O) groups excluding carboxylic acids is 2. The molecule has 6 nitrogen and oxygen atoms in total. The fourth-order valence-corrected chi connectivity index (χ4v) is 4.15. The third-order valence-electron chi connectivity index (χ3n) is 5.95. The first-order valence-corrected chi connectivity index (χ1v) is 11.3. The van der Waals surface area contributed by atoms with Gasteiger partial charge in [-0.25, -0.2) is 4.98 Å². The Bertz CT molecular complexity index is 1160. The van der Waals surface area contributed by atoms with Gasteiger partial charge in [-0.3, -0.25) is 9.59 Å². The standard InChI is InChI=1S/C25H27F3N4O2/c1-14(2)10-21(24(34)29-17-7-5-6-16(13-17)25(26,27)28)30-22(33)12-15-11-18(15)23-31-19-8-3-4-9-20(19)32-23/h3-9,13-15,18,21H,10-12H2,1-2H3,(H,29,34)(H,30,33)(H,31,32)/t15-,18-,21+/m0/s1.